The second-order valence-corrected chi connectivity index (χ2v) is 7.46. The molecule has 0 atom stereocenters. The van der Waals surface area contributed by atoms with Gasteiger partial charge >= 0.3 is 0 Å². The normalized spacial score (nSPS) is 12.5. The largest absolute Gasteiger partial charge is 0.345 e. The van der Waals surface area contributed by atoms with Crippen LogP contribution >= 0.6 is 11.6 Å². The average molecular weight is 286 g/mol. The van der Waals surface area contributed by atoms with Crippen molar-refractivity contribution in [1.82, 2.24) is 4.57 Å². The summed E-state index contributed by atoms with van der Waals surface area (Å²) in [5.41, 5.74) is 1.81. The fourth-order valence-electron chi connectivity index (χ4n) is 2.12. The summed E-state index contributed by atoms with van der Waals surface area (Å²) in [4.78, 5) is 0. The molecule has 2 aromatic rings. The van der Waals surface area contributed by atoms with E-state index in [0.29, 0.717) is 5.02 Å². The summed E-state index contributed by atoms with van der Waals surface area (Å²) in [6, 6.07) is 5.82. The van der Waals surface area contributed by atoms with Crippen molar-refractivity contribution in [3.05, 3.63) is 35.0 Å². The lowest BCUT2D eigenvalue weighted by atomic mass is 10.2. The van der Waals surface area contributed by atoms with E-state index in [-0.39, 0.29) is 11.8 Å². The Balaban J connectivity index is 2.68. The van der Waals surface area contributed by atoms with Crippen LogP contribution in [0.15, 0.2) is 24.4 Å². The summed E-state index contributed by atoms with van der Waals surface area (Å²) < 4.78 is 25.0. The molecule has 0 amide bonds. The number of halogens is 1. The van der Waals surface area contributed by atoms with Gasteiger partial charge in [0.25, 0.3) is 0 Å². The smallest absolute Gasteiger partial charge is 0.151 e. The minimum Gasteiger partial charge on any atom is -0.345 e. The molecule has 0 spiro atoms. The molecular weight excluding hydrogens is 270 g/mol. The van der Waals surface area contributed by atoms with Gasteiger partial charge in [-0.25, -0.2) is 8.42 Å². The number of hydrogen-bond donors (Lipinski definition) is 0. The van der Waals surface area contributed by atoms with E-state index in [1.54, 1.807) is 6.07 Å². The number of nitrogens with zero attached hydrogens (tertiary/aromatic N) is 1. The van der Waals surface area contributed by atoms with Crippen molar-refractivity contribution < 1.29 is 8.42 Å². The van der Waals surface area contributed by atoms with Gasteiger partial charge in [0.1, 0.15) is 0 Å². The summed E-state index contributed by atoms with van der Waals surface area (Å²) in [5, 5.41) is 1.62. The van der Waals surface area contributed by atoms with Crippen molar-refractivity contribution in [1.29, 1.82) is 0 Å². The maximum absolute atomic E-state index is 11.5. The summed E-state index contributed by atoms with van der Waals surface area (Å²) in [6.07, 6.45) is 3.16. The highest BCUT2D eigenvalue weighted by atomic mass is 35.5. The quantitative estimate of drug-likeness (QED) is 0.867. The number of hydrogen-bond acceptors (Lipinski definition) is 2. The molecule has 1 heterocycles. The molecule has 0 radical (unpaired) electrons. The van der Waals surface area contributed by atoms with E-state index in [1.165, 1.54) is 6.26 Å². The van der Waals surface area contributed by atoms with Crippen molar-refractivity contribution in [2.75, 3.05) is 6.26 Å². The standard InChI is InChI=1S/C13H16ClNO2S/c1-9(2)15-7-10(8-18(3,16)17)12-5-4-11(14)6-13(12)15/h4-7,9H,8H2,1-3H3. The molecule has 0 bridgehead atoms. The number of sulfone groups is 1. The second-order valence-electron chi connectivity index (χ2n) is 4.89. The van der Waals surface area contributed by atoms with Crippen molar-refractivity contribution in [2.24, 2.45) is 0 Å². The van der Waals surface area contributed by atoms with Crippen LogP contribution in [0.3, 0.4) is 0 Å². The summed E-state index contributed by atoms with van der Waals surface area (Å²) in [5.74, 6) is 0.0604. The third kappa shape index (κ3) is 2.70. The highest BCUT2D eigenvalue weighted by Crippen LogP contribution is 2.28. The van der Waals surface area contributed by atoms with Gasteiger partial charge in [0.05, 0.1) is 11.3 Å². The van der Waals surface area contributed by atoms with Crippen LogP contribution in [0.2, 0.25) is 5.02 Å². The van der Waals surface area contributed by atoms with E-state index in [9.17, 15) is 8.42 Å². The second kappa shape index (κ2) is 4.59. The fourth-order valence-corrected chi connectivity index (χ4v) is 3.08. The molecule has 0 N–H and O–H groups in total. The Bertz CT molecular complexity index is 686. The van der Waals surface area contributed by atoms with E-state index in [0.717, 1.165) is 16.5 Å². The minimum atomic E-state index is -3.04. The van der Waals surface area contributed by atoms with E-state index >= 15 is 0 Å². The van der Waals surface area contributed by atoms with Gasteiger partial charge in [-0.05, 0) is 31.5 Å². The molecule has 1 aromatic carbocycles. The SMILES string of the molecule is CC(C)n1cc(CS(C)(=O)=O)c2ccc(Cl)cc21. The Labute approximate surface area is 112 Å². The molecule has 2 rings (SSSR count). The Morgan fingerprint density at radius 3 is 2.56 bits per heavy atom. The van der Waals surface area contributed by atoms with Gasteiger partial charge in [-0.3, -0.25) is 0 Å². The third-order valence-corrected chi connectivity index (χ3v) is 3.92. The van der Waals surface area contributed by atoms with Gasteiger partial charge in [-0.2, -0.15) is 0 Å². The summed E-state index contributed by atoms with van der Waals surface area (Å²) in [7, 11) is -3.04. The molecule has 0 aliphatic heterocycles. The molecule has 5 heteroatoms. The molecule has 18 heavy (non-hydrogen) atoms. The molecule has 0 saturated carbocycles. The first-order valence-electron chi connectivity index (χ1n) is 5.74. The number of benzene rings is 1. The topological polar surface area (TPSA) is 39.1 Å². The molecular formula is C13H16ClNO2S. The predicted molar refractivity (Wildman–Crippen MR) is 75.9 cm³/mol. The van der Waals surface area contributed by atoms with Gasteiger partial charge in [0, 0.05) is 28.9 Å². The molecule has 0 saturated heterocycles. The van der Waals surface area contributed by atoms with Crippen LogP contribution in [0.25, 0.3) is 10.9 Å². The summed E-state index contributed by atoms with van der Waals surface area (Å²) in [6.45, 7) is 4.12. The number of aromatic nitrogens is 1. The van der Waals surface area contributed by atoms with Gasteiger partial charge in [-0.15, -0.1) is 0 Å². The van der Waals surface area contributed by atoms with E-state index in [1.807, 2.05) is 18.3 Å². The van der Waals surface area contributed by atoms with E-state index < -0.39 is 9.84 Å². The summed E-state index contributed by atoms with van der Waals surface area (Å²) >= 11 is 6.01. The zero-order valence-corrected chi connectivity index (χ0v) is 12.2. The van der Waals surface area contributed by atoms with Crippen LogP contribution < -0.4 is 0 Å². The number of fused-ring (bicyclic) bond motifs is 1. The third-order valence-electron chi connectivity index (χ3n) is 2.85. The first-order chi connectivity index (χ1) is 8.28. The van der Waals surface area contributed by atoms with Crippen LogP contribution in [0.5, 0.6) is 0 Å². The fraction of sp³-hybridized carbons (Fsp3) is 0.385. The maximum Gasteiger partial charge on any atom is 0.151 e. The van der Waals surface area contributed by atoms with Crippen LogP contribution in [0.1, 0.15) is 25.5 Å². The predicted octanol–water partition coefficient (Wildman–Crippen LogP) is 3.42. The lowest BCUT2D eigenvalue weighted by Crippen LogP contribution is -2.01. The molecule has 0 fully saturated rings. The Morgan fingerprint density at radius 2 is 2.00 bits per heavy atom. The number of rotatable bonds is 3. The Hall–Kier alpha value is -1.00. The average Bonchev–Trinajstić information content (AvgIpc) is 2.54. The van der Waals surface area contributed by atoms with Crippen molar-refractivity contribution in [3.8, 4) is 0 Å². The van der Waals surface area contributed by atoms with Crippen molar-refractivity contribution >= 4 is 32.3 Å². The van der Waals surface area contributed by atoms with Crippen LogP contribution in [0, 0.1) is 0 Å². The van der Waals surface area contributed by atoms with Crippen molar-refractivity contribution in [3.63, 3.8) is 0 Å². The first-order valence-corrected chi connectivity index (χ1v) is 8.18. The lowest BCUT2D eigenvalue weighted by molar-refractivity contribution is 0.600. The molecule has 0 aliphatic carbocycles. The van der Waals surface area contributed by atoms with Gasteiger partial charge in [0.2, 0.25) is 0 Å². The minimum absolute atomic E-state index is 0.0604. The highest BCUT2D eigenvalue weighted by Gasteiger charge is 2.14. The zero-order valence-electron chi connectivity index (χ0n) is 10.6. The molecule has 0 aliphatic rings. The Kier molecular flexibility index (Phi) is 3.43. The van der Waals surface area contributed by atoms with Crippen LogP contribution in [-0.2, 0) is 15.6 Å². The zero-order chi connectivity index (χ0) is 13.5. The van der Waals surface area contributed by atoms with Crippen LogP contribution in [-0.4, -0.2) is 19.2 Å². The molecule has 1 aromatic heterocycles. The molecule has 3 nitrogen and oxygen atoms in total. The van der Waals surface area contributed by atoms with Gasteiger partial charge in [0.15, 0.2) is 9.84 Å². The molecule has 0 unspecified atom stereocenters. The monoisotopic (exact) mass is 285 g/mol. The van der Waals surface area contributed by atoms with Gasteiger partial charge < -0.3 is 4.57 Å². The van der Waals surface area contributed by atoms with Gasteiger partial charge in [-0.1, -0.05) is 17.7 Å². The lowest BCUT2D eigenvalue weighted by Gasteiger charge is -2.08. The van der Waals surface area contributed by atoms with Crippen molar-refractivity contribution in [2.45, 2.75) is 25.6 Å². The molecule has 98 valence electrons. The first kappa shape index (κ1) is 13.4. The maximum atomic E-state index is 11.5. The van der Waals surface area contributed by atoms with E-state index in [4.69, 9.17) is 11.6 Å². The van der Waals surface area contributed by atoms with E-state index in [2.05, 4.69) is 18.4 Å². The Morgan fingerprint density at radius 1 is 1.33 bits per heavy atom. The van der Waals surface area contributed by atoms with Crippen LogP contribution in [0.4, 0.5) is 0 Å². The highest BCUT2D eigenvalue weighted by molar-refractivity contribution is 7.89.